The molecular formula is C24H23ClN4O2. The average molecular weight is 435 g/mol. The first-order valence-electron chi connectivity index (χ1n) is 10.1. The number of halogens is 1. The lowest BCUT2D eigenvalue weighted by Crippen LogP contribution is -2.40. The summed E-state index contributed by atoms with van der Waals surface area (Å²) in [6.07, 6.45) is 2.59. The number of aromatic nitrogens is 2. The van der Waals surface area contributed by atoms with E-state index in [2.05, 4.69) is 47.3 Å². The zero-order chi connectivity index (χ0) is 22.0. The second-order valence-electron chi connectivity index (χ2n) is 7.71. The van der Waals surface area contributed by atoms with Crippen molar-refractivity contribution in [3.63, 3.8) is 0 Å². The fraction of sp³-hybridized carbons (Fsp3) is 0.250. The van der Waals surface area contributed by atoms with Gasteiger partial charge in [-0.15, -0.1) is 0 Å². The monoisotopic (exact) mass is 434 g/mol. The van der Waals surface area contributed by atoms with Crippen molar-refractivity contribution >= 4 is 23.3 Å². The lowest BCUT2D eigenvalue weighted by atomic mass is 9.97. The molecular weight excluding hydrogens is 412 g/mol. The van der Waals surface area contributed by atoms with Crippen molar-refractivity contribution in [2.45, 2.75) is 39.7 Å². The molecule has 0 unspecified atom stereocenters. The number of rotatable bonds is 5. The van der Waals surface area contributed by atoms with Gasteiger partial charge in [-0.25, -0.2) is 9.97 Å². The number of nitrogens with zero attached hydrogens (tertiary/aromatic N) is 3. The molecule has 0 spiro atoms. The van der Waals surface area contributed by atoms with Gasteiger partial charge in [-0.2, -0.15) is 0 Å². The fourth-order valence-electron chi connectivity index (χ4n) is 3.59. The Kier molecular flexibility index (Phi) is 6.00. The average Bonchev–Trinajstić information content (AvgIpc) is 2.71. The minimum Gasteiger partial charge on any atom is -0.453 e. The van der Waals surface area contributed by atoms with Gasteiger partial charge in [-0.3, -0.25) is 9.79 Å². The first kappa shape index (κ1) is 21.0. The van der Waals surface area contributed by atoms with E-state index < -0.39 is 0 Å². The van der Waals surface area contributed by atoms with E-state index in [0.29, 0.717) is 46.7 Å². The largest absolute Gasteiger partial charge is 0.453 e. The van der Waals surface area contributed by atoms with Gasteiger partial charge in [-0.1, -0.05) is 41.4 Å². The van der Waals surface area contributed by atoms with Gasteiger partial charge in [0, 0.05) is 11.4 Å². The number of carbonyl (C=O) groups excluding carboxylic acids is 1. The second-order valence-corrected chi connectivity index (χ2v) is 8.14. The van der Waals surface area contributed by atoms with Crippen LogP contribution in [0.25, 0.3) is 0 Å². The van der Waals surface area contributed by atoms with Crippen LogP contribution in [0.5, 0.6) is 11.5 Å². The van der Waals surface area contributed by atoms with Gasteiger partial charge >= 0.3 is 0 Å². The Hall–Kier alpha value is -3.25. The molecule has 0 fully saturated rings. The van der Waals surface area contributed by atoms with E-state index in [1.807, 2.05) is 0 Å². The van der Waals surface area contributed by atoms with Crippen LogP contribution in [0.4, 0.5) is 0 Å². The number of aryl methyl sites for hydroxylation is 3. The van der Waals surface area contributed by atoms with E-state index in [-0.39, 0.29) is 11.9 Å². The second kappa shape index (κ2) is 8.86. The molecule has 2 heterocycles. The van der Waals surface area contributed by atoms with Gasteiger partial charge in [-0.05, 0) is 56.5 Å². The van der Waals surface area contributed by atoms with Gasteiger partial charge in [0.15, 0.2) is 17.3 Å². The predicted octanol–water partition coefficient (Wildman–Crippen LogP) is 4.73. The Labute approximate surface area is 186 Å². The van der Waals surface area contributed by atoms with E-state index in [0.717, 1.165) is 0 Å². The zero-order valence-electron chi connectivity index (χ0n) is 17.6. The molecule has 6 nitrogen and oxygen atoms in total. The van der Waals surface area contributed by atoms with Crippen LogP contribution in [0.15, 0.2) is 53.7 Å². The predicted molar refractivity (Wildman–Crippen MR) is 121 cm³/mol. The highest BCUT2D eigenvalue weighted by atomic mass is 35.5. The number of nitrogens with one attached hydrogen (secondary N) is 1. The Bertz CT molecular complexity index is 1180. The molecule has 1 amide bonds. The van der Waals surface area contributed by atoms with Crippen LogP contribution >= 0.6 is 11.6 Å². The van der Waals surface area contributed by atoms with Crippen LogP contribution in [0.1, 0.15) is 34.6 Å². The summed E-state index contributed by atoms with van der Waals surface area (Å²) < 4.78 is 5.98. The number of benzene rings is 2. The van der Waals surface area contributed by atoms with Gasteiger partial charge in [0.05, 0.1) is 12.2 Å². The molecule has 1 aliphatic rings. The molecule has 7 heteroatoms. The fourth-order valence-corrected chi connectivity index (χ4v) is 3.77. The maximum absolute atomic E-state index is 12.5. The molecule has 2 aromatic carbocycles. The number of aliphatic imine (C=N–C) groups is 1. The maximum Gasteiger partial charge on any atom is 0.227 e. The number of hydrogen-bond acceptors (Lipinski definition) is 5. The lowest BCUT2D eigenvalue weighted by molar-refractivity contribution is -0.120. The number of ether oxygens (including phenoxy) is 1. The van der Waals surface area contributed by atoms with Gasteiger partial charge in [0.25, 0.3) is 0 Å². The third-order valence-electron chi connectivity index (χ3n) is 5.07. The summed E-state index contributed by atoms with van der Waals surface area (Å²) in [6, 6.07) is 13.2. The van der Waals surface area contributed by atoms with Crippen molar-refractivity contribution in [2.75, 3.05) is 0 Å². The molecule has 158 valence electrons. The number of carbonyl (C=O) groups is 1. The standard InChI is InChI=1S/C24H23ClN4O2/c1-14-7-8-17(15(2)9-14)10-19-12-22(30)29-24(28-19)23-21(13-26-16(3)27-23)31-20-6-4-5-18(25)11-20/h4-9,11,13,19H,10,12H2,1-3H3,(H,28,29,30)/t19-/m1/s1. The summed E-state index contributed by atoms with van der Waals surface area (Å²) in [6.45, 7) is 5.94. The highest BCUT2D eigenvalue weighted by molar-refractivity contribution is 6.30. The highest BCUT2D eigenvalue weighted by Gasteiger charge is 2.26. The van der Waals surface area contributed by atoms with E-state index >= 15 is 0 Å². The Morgan fingerprint density at radius 3 is 2.77 bits per heavy atom. The Balaban J connectivity index is 1.67. The van der Waals surface area contributed by atoms with Crippen molar-refractivity contribution in [3.8, 4) is 11.5 Å². The van der Waals surface area contributed by atoms with Crippen molar-refractivity contribution in [3.05, 3.63) is 81.9 Å². The summed E-state index contributed by atoms with van der Waals surface area (Å²) in [5.74, 6) is 1.81. The molecule has 0 aliphatic carbocycles. The molecule has 1 aliphatic heterocycles. The first-order chi connectivity index (χ1) is 14.9. The Morgan fingerprint density at radius 2 is 2.00 bits per heavy atom. The summed E-state index contributed by atoms with van der Waals surface area (Å²) in [7, 11) is 0. The van der Waals surface area contributed by atoms with Crippen LogP contribution in [-0.2, 0) is 11.2 Å². The van der Waals surface area contributed by atoms with E-state index in [1.54, 1.807) is 37.4 Å². The normalized spacial score (nSPS) is 15.9. The van der Waals surface area contributed by atoms with E-state index in [4.69, 9.17) is 21.3 Å². The van der Waals surface area contributed by atoms with Gasteiger partial charge in [0.1, 0.15) is 11.6 Å². The van der Waals surface area contributed by atoms with Crippen LogP contribution in [0.3, 0.4) is 0 Å². The smallest absolute Gasteiger partial charge is 0.227 e. The van der Waals surface area contributed by atoms with E-state index in [9.17, 15) is 4.79 Å². The zero-order valence-corrected chi connectivity index (χ0v) is 18.4. The van der Waals surface area contributed by atoms with Crippen LogP contribution < -0.4 is 10.1 Å². The SMILES string of the molecule is Cc1ccc(C[C@@H]2CC(=O)NC(c3nc(C)ncc3Oc3cccc(Cl)c3)=N2)c(C)c1. The van der Waals surface area contributed by atoms with Crippen LogP contribution in [0.2, 0.25) is 5.02 Å². The lowest BCUT2D eigenvalue weighted by Gasteiger charge is -2.22. The van der Waals surface area contributed by atoms with Crippen molar-refractivity contribution in [1.29, 1.82) is 0 Å². The molecule has 0 bridgehead atoms. The van der Waals surface area contributed by atoms with E-state index in [1.165, 1.54) is 16.7 Å². The van der Waals surface area contributed by atoms with Crippen molar-refractivity contribution < 1.29 is 9.53 Å². The molecule has 3 aromatic rings. The Morgan fingerprint density at radius 1 is 1.16 bits per heavy atom. The quantitative estimate of drug-likeness (QED) is 0.630. The minimum absolute atomic E-state index is 0.0928. The molecule has 0 saturated heterocycles. The summed E-state index contributed by atoms with van der Waals surface area (Å²) in [5.41, 5.74) is 4.05. The van der Waals surface area contributed by atoms with Crippen LogP contribution in [0, 0.1) is 20.8 Å². The van der Waals surface area contributed by atoms with Gasteiger partial charge < -0.3 is 10.1 Å². The minimum atomic E-state index is -0.181. The third kappa shape index (κ3) is 5.09. The van der Waals surface area contributed by atoms with Crippen LogP contribution in [-0.4, -0.2) is 27.8 Å². The number of amidine groups is 1. The molecule has 4 rings (SSSR count). The topological polar surface area (TPSA) is 76.5 Å². The molecule has 1 N–H and O–H groups in total. The van der Waals surface area contributed by atoms with Crippen molar-refractivity contribution in [2.24, 2.45) is 4.99 Å². The molecule has 0 radical (unpaired) electrons. The molecule has 31 heavy (non-hydrogen) atoms. The summed E-state index contributed by atoms with van der Waals surface area (Å²) in [4.78, 5) is 26.1. The highest BCUT2D eigenvalue weighted by Crippen LogP contribution is 2.27. The molecule has 0 saturated carbocycles. The maximum atomic E-state index is 12.5. The van der Waals surface area contributed by atoms with Gasteiger partial charge in [0.2, 0.25) is 5.91 Å². The number of amides is 1. The summed E-state index contributed by atoms with van der Waals surface area (Å²) in [5, 5.41) is 3.41. The molecule has 1 aromatic heterocycles. The number of hydrogen-bond donors (Lipinski definition) is 1. The summed E-state index contributed by atoms with van der Waals surface area (Å²) >= 11 is 6.07. The van der Waals surface area contributed by atoms with Crippen molar-refractivity contribution in [1.82, 2.24) is 15.3 Å². The first-order valence-corrected chi connectivity index (χ1v) is 10.5. The third-order valence-corrected chi connectivity index (χ3v) is 5.30. The molecule has 1 atom stereocenters.